The van der Waals surface area contributed by atoms with E-state index in [1.165, 1.54) is 0 Å². The fraction of sp³-hybridized carbons (Fsp3) is 0.875. The molecule has 0 spiro atoms. The Bertz CT molecular complexity index is 142. The summed E-state index contributed by atoms with van der Waals surface area (Å²) in [6.07, 6.45) is 0.872. The van der Waals surface area contributed by atoms with Gasteiger partial charge in [0.05, 0.1) is 0 Å². The molecule has 1 N–H and O–H groups in total. The molecule has 0 aliphatic heterocycles. The molecule has 2 nitrogen and oxygen atoms in total. The minimum atomic E-state index is 0.0833. The first-order valence-electron chi connectivity index (χ1n) is 3.81. The van der Waals surface area contributed by atoms with E-state index in [9.17, 15) is 4.79 Å². The van der Waals surface area contributed by atoms with E-state index in [-0.39, 0.29) is 24.4 Å². The second-order valence-corrected chi connectivity index (χ2v) is 3.27. The van der Waals surface area contributed by atoms with E-state index in [0.717, 1.165) is 6.42 Å². The Labute approximate surface area is 61.2 Å². The third-order valence-electron chi connectivity index (χ3n) is 2.53. The third-order valence-corrected chi connectivity index (χ3v) is 2.53. The van der Waals surface area contributed by atoms with E-state index in [4.69, 9.17) is 5.11 Å². The highest BCUT2D eigenvalue weighted by Crippen LogP contribution is 2.31. The molecular weight excluding hydrogens is 128 g/mol. The van der Waals surface area contributed by atoms with Crippen molar-refractivity contribution in [1.82, 2.24) is 0 Å². The zero-order chi connectivity index (χ0) is 7.72. The van der Waals surface area contributed by atoms with Crippen LogP contribution in [0.25, 0.3) is 0 Å². The van der Waals surface area contributed by atoms with Gasteiger partial charge in [0, 0.05) is 18.4 Å². The van der Waals surface area contributed by atoms with Crippen LogP contribution in [0.1, 0.15) is 20.3 Å². The van der Waals surface area contributed by atoms with Crippen molar-refractivity contribution in [2.75, 3.05) is 6.61 Å². The van der Waals surface area contributed by atoms with Gasteiger partial charge in [0.2, 0.25) is 0 Å². The van der Waals surface area contributed by atoms with Gasteiger partial charge in [0.1, 0.15) is 5.78 Å². The number of hydrogen-bond donors (Lipinski definition) is 1. The molecule has 1 saturated carbocycles. The van der Waals surface area contributed by atoms with E-state index < -0.39 is 0 Å². The highest BCUT2D eigenvalue weighted by Gasteiger charge is 2.35. The zero-order valence-electron chi connectivity index (χ0n) is 6.50. The zero-order valence-corrected chi connectivity index (χ0v) is 6.50. The van der Waals surface area contributed by atoms with Crippen molar-refractivity contribution >= 4 is 5.78 Å². The van der Waals surface area contributed by atoms with Crippen molar-refractivity contribution in [3.8, 4) is 0 Å². The minimum absolute atomic E-state index is 0.0833. The van der Waals surface area contributed by atoms with Crippen LogP contribution in [0.4, 0.5) is 0 Å². The lowest BCUT2D eigenvalue weighted by atomic mass is 9.99. The first kappa shape index (κ1) is 7.73. The number of ketones is 1. The predicted molar refractivity (Wildman–Crippen MR) is 38.5 cm³/mol. The maximum atomic E-state index is 11.2. The molecule has 1 rings (SSSR count). The second kappa shape index (κ2) is 2.70. The summed E-state index contributed by atoms with van der Waals surface area (Å²) >= 11 is 0. The van der Waals surface area contributed by atoms with E-state index >= 15 is 0 Å². The molecule has 1 aliphatic rings. The third kappa shape index (κ3) is 1.08. The monoisotopic (exact) mass is 142 g/mol. The molecule has 0 aromatic rings. The van der Waals surface area contributed by atoms with Gasteiger partial charge in [-0.05, 0) is 12.3 Å². The molecular formula is C8H14O2. The van der Waals surface area contributed by atoms with E-state index in [1.807, 2.05) is 13.8 Å². The standard InChI is InChI=1S/C8H14O2/c1-5-3-7(4-9)6(2)8(5)10/h5-7,9H,3-4H2,1-2H3/t5?,6?,7-/m1/s1. The van der Waals surface area contributed by atoms with Crippen molar-refractivity contribution in [3.63, 3.8) is 0 Å². The summed E-state index contributed by atoms with van der Waals surface area (Å²) in [6, 6.07) is 0. The Hall–Kier alpha value is -0.370. The van der Waals surface area contributed by atoms with Gasteiger partial charge in [-0.2, -0.15) is 0 Å². The van der Waals surface area contributed by atoms with Crippen molar-refractivity contribution in [2.45, 2.75) is 20.3 Å². The van der Waals surface area contributed by atoms with Gasteiger partial charge < -0.3 is 5.11 Å². The summed E-state index contributed by atoms with van der Waals surface area (Å²) in [5.74, 6) is 0.800. The summed E-state index contributed by atoms with van der Waals surface area (Å²) in [7, 11) is 0. The Morgan fingerprint density at radius 1 is 1.60 bits per heavy atom. The predicted octanol–water partition coefficient (Wildman–Crippen LogP) is 0.840. The largest absolute Gasteiger partial charge is 0.396 e. The Kier molecular flexibility index (Phi) is 2.09. The second-order valence-electron chi connectivity index (χ2n) is 3.27. The van der Waals surface area contributed by atoms with Crippen LogP contribution in [0.5, 0.6) is 0 Å². The highest BCUT2D eigenvalue weighted by atomic mass is 16.3. The number of aliphatic hydroxyl groups excluding tert-OH is 1. The number of rotatable bonds is 1. The number of Topliss-reactive ketones (excluding diaryl/α,β-unsaturated/α-hetero) is 1. The quantitative estimate of drug-likeness (QED) is 0.589. The van der Waals surface area contributed by atoms with Crippen molar-refractivity contribution < 1.29 is 9.90 Å². The number of carbonyl (C=O) groups is 1. The van der Waals surface area contributed by atoms with Crippen LogP contribution in [0.15, 0.2) is 0 Å². The fourth-order valence-electron chi connectivity index (χ4n) is 1.69. The molecule has 0 heterocycles. The van der Waals surface area contributed by atoms with Crippen LogP contribution in [-0.4, -0.2) is 17.5 Å². The number of aliphatic hydroxyl groups is 1. The topological polar surface area (TPSA) is 37.3 Å². The van der Waals surface area contributed by atoms with Gasteiger partial charge in [-0.15, -0.1) is 0 Å². The molecule has 10 heavy (non-hydrogen) atoms. The lowest BCUT2D eigenvalue weighted by molar-refractivity contribution is -0.123. The molecule has 0 aromatic carbocycles. The van der Waals surface area contributed by atoms with Crippen LogP contribution in [0, 0.1) is 17.8 Å². The molecule has 58 valence electrons. The van der Waals surface area contributed by atoms with Gasteiger partial charge in [0.25, 0.3) is 0 Å². The van der Waals surface area contributed by atoms with Crippen LogP contribution in [0.3, 0.4) is 0 Å². The van der Waals surface area contributed by atoms with Gasteiger partial charge in [-0.1, -0.05) is 13.8 Å². The van der Waals surface area contributed by atoms with Crippen molar-refractivity contribution in [3.05, 3.63) is 0 Å². The summed E-state index contributed by atoms with van der Waals surface area (Å²) in [5.41, 5.74) is 0. The Morgan fingerprint density at radius 2 is 2.20 bits per heavy atom. The average Bonchev–Trinajstić information content (AvgIpc) is 2.17. The summed E-state index contributed by atoms with van der Waals surface area (Å²) in [5, 5.41) is 8.82. The summed E-state index contributed by atoms with van der Waals surface area (Å²) in [6.45, 7) is 4.01. The SMILES string of the molecule is CC1C[C@H](CO)C(C)C1=O. The molecule has 0 bridgehead atoms. The molecule has 2 unspecified atom stereocenters. The number of carbonyl (C=O) groups excluding carboxylic acids is 1. The average molecular weight is 142 g/mol. The van der Waals surface area contributed by atoms with E-state index in [1.54, 1.807) is 0 Å². The molecule has 2 heteroatoms. The summed E-state index contributed by atoms with van der Waals surface area (Å²) in [4.78, 5) is 11.2. The maximum Gasteiger partial charge on any atom is 0.138 e. The van der Waals surface area contributed by atoms with Crippen LogP contribution >= 0.6 is 0 Å². The Morgan fingerprint density at radius 3 is 2.40 bits per heavy atom. The molecule has 0 saturated heterocycles. The van der Waals surface area contributed by atoms with E-state index in [2.05, 4.69) is 0 Å². The van der Waals surface area contributed by atoms with Crippen LogP contribution in [-0.2, 0) is 4.79 Å². The normalized spacial score (nSPS) is 40.7. The first-order chi connectivity index (χ1) is 4.66. The molecule has 0 radical (unpaired) electrons. The lowest BCUT2D eigenvalue weighted by Crippen LogP contribution is -2.14. The van der Waals surface area contributed by atoms with Crippen LogP contribution < -0.4 is 0 Å². The van der Waals surface area contributed by atoms with Crippen molar-refractivity contribution in [1.29, 1.82) is 0 Å². The smallest absolute Gasteiger partial charge is 0.138 e. The lowest BCUT2D eigenvalue weighted by Gasteiger charge is -2.08. The van der Waals surface area contributed by atoms with Gasteiger partial charge in [0.15, 0.2) is 0 Å². The van der Waals surface area contributed by atoms with Crippen molar-refractivity contribution in [2.24, 2.45) is 17.8 Å². The van der Waals surface area contributed by atoms with Gasteiger partial charge in [-0.25, -0.2) is 0 Å². The van der Waals surface area contributed by atoms with E-state index in [0.29, 0.717) is 5.78 Å². The fourth-order valence-corrected chi connectivity index (χ4v) is 1.69. The summed E-state index contributed by atoms with van der Waals surface area (Å²) < 4.78 is 0. The molecule has 3 atom stereocenters. The van der Waals surface area contributed by atoms with Gasteiger partial charge >= 0.3 is 0 Å². The maximum absolute atomic E-state index is 11.2. The van der Waals surface area contributed by atoms with Crippen LogP contribution in [0.2, 0.25) is 0 Å². The molecule has 1 aliphatic carbocycles. The molecule has 0 amide bonds. The van der Waals surface area contributed by atoms with Gasteiger partial charge in [-0.3, -0.25) is 4.79 Å². The molecule has 0 aromatic heterocycles. The first-order valence-corrected chi connectivity index (χ1v) is 3.81. The molecule has 1 fully saturated rings. The number of hydrogen-bond acceptors (Lipinski definition) is 2. The highest BCUT2D eigenvalue weighted by molar-refractivity contribution is 5.85. The Balaban J connectivity index is 2.61. The minimum Gasteiger partial charge on any atom is -0.396 e.